The summed E-state index contributed by atoms with van der Waals surface area (Å²) in [6.07, 6.45) is 0. The van der Waals surface area contributed by atoms with E-state index in [1.54, 1.807) is 11.8 Å². The number of thioether (sulfide) groups is 1. The van der Waals surface area contributed by atoms with Gasteiger partial charge in [0.25, 0.3) is 5.78 Å². The number of fused-ring (bicyclic) bond motifs is 2. The van der Waals surface area contributed by atoms with Crippen LogP contribution >= 0.6 is 27.7 Å². The maximum absolute atomic E-state index is 5.44. The Morgan fingerprint density at radius 3 is 2.78 bits per heavy atom. The lowest BCUT2D eigenvalue weighted by molar-refractivity contribution is 0.174. The van der Waals surface area contributed by atoms with E-state index in [2.05, 4.69) is 31.1 Å². The SMILES string of the molecule is Cc1cc(C)n2c(SCc3cc4c(cc3Br)OCO4)nnc2n1. The second-order valence-corrected chi connectivity index (χ2v) is 7.04. The first-order valence-electron chi connectivity index (χ1n) is 7.02. The molecule has 0 saturated carbocycles. The smallest absolute Gasteiger partial charge is 0.256 e. The van der Waals surface area contributed by atoms with E-state index in [1.165, 1.54) is 0 Å². The molecule has 1 aromatic carbocycles. The topological polar surface area (TPSA) is 61.5 Å². The molecule has 1 aliphatic rings. The van der Waals surface area contributed by atoms with Gasteiger partial charge in [0, 0.05) is 21.6 Å². The number of hydrogen-bond acceptors (Lipinski definition) is 6. The molecule has 23 heavy (non-hydrogen) atoms. The summed E-state index contributed by atoms with van der Waals surface area (Å²) in [5.41, 5.74) is 3.14. The molecule has 0 unspecified atom stereocenters. The van der Waals surface area contributed by atoms with Gasteiger partial charge in [-0.05, 0) is 37.6 Å². The number of nitrogens with zero attached hydrogens (tertiary/aromatic N) is 4. The van der Waals surface area contributed by atoms with Gasteiger partial charge in [0.2, 0.25) is 6.79 Å². The van der Waals surface area contributed by atoms with Gasteiger partial charge in [0.15, 0.2) is 16.7 Å². The van der Waals surface area contributed by atoms with Crippen molar-refractivity contribution in [3.8, 4) is 11.5 Å². The highest BCUT2D eigenvalue weighted by atomic mass is 79.9. The first-order valence-corrected chi connectivity index (χ1v) is 8.80. The molecule has 0 bridgehead atoms. The van der Waals surface area contributed by atoms with Crippen LogP contribution in [0.15, 0.2) is 27.8 Å². The van der Waals surface area contributed by atoms with Crippen LogP contribution in [-0.2, 0) is 5.75 Å². The zero-order valence-corrected chi connectivity index (χ0v) is 14.9. The highest BCUT2D eigenvalue weighted by molar-refractivity contribution is 9.10. The molecular formula is C15H13BrN4O2S. The van der Waals surface area contributed by atoms with E-state index in [0.717, 1.165) is 43.8 Å². The van der Waals surface area contributed by atoms with Gasteiger partial charge in [-0.1, -0.05) is 27.7 Å². The van der Waals surface area contributed by atoms with Crippen LogP contribution in [0.25, 0.3) is 5.78 Å². The molecule has 1 aliphatic heterocycles. The van der Waals surface area contributed by atoms with Gasteiger partial charge in [0.05, 0.1) is 0 Å². The van der Waals surface area contributed by atoms with Crippen LogP contribution in [0.2, 0.25) is 0 Å². The van der Waals surface area contributed by atoms with Crippen molar-refractivity contribution in [3.05, 3.63) is 39.6 Å². The molecule has 118 valence electrons. The lowest BCUT2D eigenvalue weighted by atomic mass is 10.2. The highest BCUT2D eigenvalue weighted by Gasteiger charge is 2.17. The van der Waals surface area contributed by atoms with Gasteiger partial charge in [-0.2, -0.15) is 0 Å². The number of ether oxygens (including phenoxy) is 2. The number of halogens is 1. The Morgan fingerprint density at radius 1 is 1.17 bits per heavy atom. The maximum atomic E-state index is 5.44. The molecule has 0 aliphatic carbocycles. The quantitative estimate of drug-likeness (QED) is 0.635. The van der Waals surface area contributed by atoms with Crippen molar-refractivity contribution >= 4 is 33.5 Å². The summed E-state index contributed by atoms with van der Waals surface area (Å²) in [4.78, 5) is 4.41. The fraction of sp³-hybridized carbons (Fsp3) is 0.267. The largest absolute Gasteiger partial charge is 0.454 e. The number of hydrogen-bond donors (Lipinski definition) is 0. The van der Waals surface area contributed by atoms with Crippen LogP contribution in [0, 0.1) is 13.8 Å². The molecule has 4 rings (SSSR count). The van der Waals surface area contributed by atoms with E-state index in [-0.39, 0.29) is 6.79 Å². The van der Waals surface area contributed by atoms with Crippen molar-refractivity contribution < 1.29 is 9.47 Å². The van der Waals surface area contributed by atoms with Crippen molar-refractivity contribution in [3.63, 3.8) is 0 Å². The van der Waals surface area contributed by atoms with Crippen LogP contribution in [0.4, 0.5) is 0 Å². The predicted molar refractivity (Wildman–Crippen MR) is 90.1 cm³/mol. The van der Waals surface area contributed by atoms with Gasteiger partial charge in [-0.15, -0.1) is 10.2 Å². The summed E-state index contributed by atoms with van der Waals surface area (Å²) < 4.78 is 13.8. The molecule has 0 saturated heterocycles. The van der Waals surface area contributed by atoms with E-state index in [0.29, 0.717) is 5.78 Å². The third kappa shape index (κ3) is 2.66. The molecule has 0 amide bonds. The second-order valence-electron chi connectivity index (χ2n) is 5.24. The van der Waals surface area contributed by atoms with Crippen LogP contribution < -0.4 is 9.47 Å². The summed E-state index contributed by atoms with van der Waals surface area (Å²) in [7, 11) is 0. The van der Waals surface area contributed by atoms with E-state index in [4.69, 9.17) is 9.47 Å². The molecule has 3 heterocycles. The van der Waals surface area contributed by atoms with Crippen molar-refractivity contribution in [2.24, 2.45) is 0 Å². The van der Waals surface area contributed by atoms with Crippen molar-refractivity contribution in [1.82, 2.24) is 19.6 Å². The zero-order valence-electron chi connectivity index (χ0n) is 12.5. The molecule has 0 N–H and O–H groups in total. The van der Waals surface area contributed by atoms with Crippen LogP contribution in [0.3, 0.4) is 0 Å². The molecule has 2 aromatic heterocycles. The Balaban J connectivity index is 1.63. The highest BCUT2D eigenvalue weighted by Crippen LogP contribution is 2.38. The van der Waals surface area contributed by atoms with Crippen molar-refractivity contribution in [2.45, 2.75) is 24.8 Å². The standard InChI is InChI=1S/C15H13BrN4O2S/c1-8-3-9(2)20-14(17-8)18-19-15(20)23-6-10-4-12-13(5-11(10)16)22-7-21-12/h3-5H,6-7H2,1-2H3. The fourth-order valence-corrected chi connectivity index (χ4v) is 4.13. The molecular weight excluding hydrogens is 380 g/mol. The first kappa shape index (κ1) is 14.8. The van der Waals surface area contributed by atoms with E-state index in [1.807, 2.05) is 36.4 Å². The first-order chi connectivity index (χ1) is 11.1. The fourth-order valence-electron chi connectivity index (χ4n) is 2.51. The second kappa shape index (κ2) is 5.68. The predicted octanol–water partition coefficient (Wildman–Crippen LogP) is 3.52. The molecule has 6 nitrogen and oxygen atoms in total. The number of aromatic nitrogens is 4. The minimum atomic E-state index is 0.275. The molecule has 0 spiro atoms. The van der Waals surface area contributed by atoms with E-state index in [9.17, 15) is 0 Å². The van der Waals surface area contributed by atoms with Gasteiger partial charge >= 0.3 is 0 Å². The van der Waals surface area contributed by atoms with Crippen LogP contribution in [-0.4, -0.2) is 26.4 Å². The molecule has 0 atom stereocenters. The Kier molecular flexibility index (Phi) is 3.65. The van der Waals surface area contributed by atoms with Crippen LogP contribution in [0.5, 0.6) is 11.5 Å². The van der Waals surface area contributed by atoms with Gasteiger partial charge in [0.1, 0.15) is 0 Å². The number of benzene rings is 1. The maximum Gasteiger partial charge on any atom is 0.256 e. The molecule has 8 heteroatoms. The summed E-state index contributed by atoms with van der Waals surface area (Å²) in [6, 6.07) is 5.96. The Bertz CT molecular complexity index is 912. The van der Waals surface area contributed by atoms with Crippen molar-refractivity contribution in [1.29, 1.82) is 0 Å². The average molecular weight is 393 g/mol. The lowest BCUT2D eigenvalue weighted by Crippen LogP contribution is -1.97. The monoisotopic (exact) mass is 392 g/mol. The molecule has 0 radical (unpaired) electrons. The van der Waals surface area contributed by atoms with Crippen molar-refractivity contribution in [2.75, 3.05) is 6.79 Å². The Morgan fingerprint density at radius 2 is 1.96 bits per heavy atom. The lowest BCUT2D eigenvalue weighted by Gasteiger charge is -2.07. The zero-order chi connectivity index (χ0) is 16.0. The molecule has 0 fully saturated rings. The van der Waals surface area contributed by atoms with Gasteiger partial charge in [-0.3, -0.25) is 4.40 Å². The third-order valence-corrected chi connectivity index (χ3v) is 5.28. The van der Waals surface area contributed by atoms with Crippen LogP contribution in [0.1, 0.15) is 17.0 Å². The summed E-state index contributed by atoms with van der Waals surface area (Å²) in [5.74, 6) is 2.93. The summed E-state index contributed by atoms with van der Waals surface area (Å²) >= 11 is 5.20. The van der Waals surface area contributed by atoms with Gasteiger partial charge in [-0.25, -0.2) is 4.98 Å². The van der Waals surface area contributed by atoms with E-state index >= 15 is 0 Å². The van der Waals surface area contributed by atoms with E-state index < -0.39 is 0 Å². The average Bonchev–Trinajstić information content (AvgIpc) is 3.10. The molecule has 3 aromatic rings. The van der Waals surface area contributed by atoms with Gasteiger partial charge < -0.3 is 9.47 Å². The minimum Gasteiger partial charge on any atom is -0.454 e. The minimum absolute atomic E-state index is 0.275. The Hall–Kier alpha value is -1.80. The number of rotatable bonds is 3. The normalized spacial score (nSPS) is 13.0. The summed E-state index contributed by atoms with van der Waals surface area (Å²) in [5, 5.41) is 9.24. The third-order valence-electron chi connectivity index (χ3n) is 3.56. The Labute approximate surface area is 145 Å². The number of aryl methyl sites for hydroxylation is 2. The summed E-state index contributed by atoms with van der Waals surface area (Å²) in [6.45, 7) is 4.27.